The average Bonchev–Trinajstić information content (AvgIpc) is 2.69. The fraction of sp³-hybridized carbons (Fsp3) is 0.200. The number of ether oxygens (including phenoxy) is 1. The maximum atomic E-state index is 11.6. The van der Waals surface area contributed by atoms with Crippen molar-refractivity contribution in [1.29, 1.82) is 0 Å². The Bertz CT molecular complexity index is 754. The van der Waals surface area contributed by atoms with E-state index in [2.05, 4.69) is 5.10 Å². The van der Waals surface area contributed by atoms with E-state index in [9.17, 15) is 14.4 Å². The first-order valence-corrected chi connectivity index (χ1v) is 5.11. The Labute approximate surface area is 105 Å². The van der Waals surface area contributed by atoms with Crippen LogP contribution >= 0.6 is 0 Å². The van der Waals surface area contributed by atoms with E-state index in [1.165, 1.54) is 17.9 Å². The van der Waals surface area contributed by atoms with Gasteiger partial charge in [0.25, 0.3) is 5.56 Å². The molecule has 0 fully saturated rings. The highest BCUT2D eigenvalue weighted by atomic mass is 16.5. The third-order valence-electron chi connectivity index (χ3n) is 2.45. The first kappa shape index (κ1) is 12.6. The standard InChI is InChI=1S/C10H10N4O5/c1-13-7(19-2)3-6(12-13)14-4-5(9(16)17)8(15)11-10(14)18/h3-4H,1-2H3,(H,16,17)(H,11,15,18). The van der Waals surface area contributed by atoms with Crippen LogP contribution in [0.5, 0.6) is 5.88 Å². The van der Waals surface area contributed by atoms with Crippen LogP contribution in [-0.4, -0.2) is 37.5 Å². The number of carbonyl (C=O) groups is 1. The summed E-state index contributed by atoms with van der Waals surface area (Å²) in [6.07, 6.45) is 0.922. The quantitative estimate of drug-likeness (QED) is 0.732. The van der Waals surface area contributed by atoms with Crippen LogP contribution < -0.4 is 16.0 Å². The molecule has 100 valence electrons. The van der Waals surface area contributed by atoms with Crippen molar-refractivity contribution in [2.24, 2.45) is 7.05 Å². The van der Waals surface area contributed by atoms with Gasteiger partial charge < -0.3 is 9.84 Å². The highest BCUT2D eigenvalue weighted by Gasteiger charge is 2.15. The van der Waals surface area contributed by atoms with Crippen molar-refractivity contribution in [3.8, 4) is 11.7 Å². The number of aromatic nitrogens is 4. The minimum atomic E-state index is -1.43. The van der Waals surface area contributed by atoms with Crippen molar-refractivity contribution >= 4 is 5.97 Å². The van der Waals surface area contributed by atoms with Gasteiger partial charge in [0.1, 0.15) is 5.56 Å². The Morgan fingerprint density at radius 1 is 1.47 bits per heavy atom. The Morgan fingerprint density at radius 2 is 2.16 bits per heavy atom. The second-order valence-corrected chi connectivity index (χ2v) is 3.65. The molecule has 0 radical (unpaired) electrons. The van der Waals surface area contributed by atoms with E-state index in [1.54, 1.807) is 7.05 Å². The number of nitrogens with one attached hydrogen (secondary N) is 1. The minimum Gasteiger partial charge on any atom is -0.481 e. The molecule has 19 heavy (non-hydrogen) atoms. The zero-order chi connectivity index (χ0) is 14.2. The smallest absolute Gasteiger partial charge is 0.342 e. The number of aromatic amines is 1. The zero-order valence-corrected chi connectivity index (χ0v) is 10.1. The number of hydrogen-bond donors (Lipinski definition) is 2. The lowest BCUT2D eigenvalue weighted by Gasteiger charge is -2.01. The highest BCUT2D eigenvalue weighted by molar-refractivity contribution is 5.86. The predicted molar refractivity (Wildman–Crippen MR) is 62.9 cm³/mol. The molecule has 2 rings (SSSR count). The van der Waals surface area contributed by atoms with Gasteiger partial charge in [-0.05, 0) is 0 Å². The second-order valence-electron chi connectivity index (χ2n) is 3.65. The van der Waals surface area contributed by atoms with E-state index in [0.717, 1.165) is 10.8 Å². The molecule has 0 aliphatic carbocycles. The first-order valence-electron chi connectivity index (χ1n) is 5.11. The van der Waals surface area contributed by atoms with Gasteiger partial charge in [-0.3, -0.25) is 14.3 Å². The van der Waals surface area contributed by atoms with Gasteiger partial charge in [0, 0.05) is 19.3 Å². The molecule has 0 unspecified atom stereocenters. The van der Waals surface area contributed by atoms with Crippen LogP contribution in [0.15, 0.2) is 21.9 Å². The summed E-state index contributed by atoms with van der Waals surface area (Å²) in [5, 5.41) is 12.8. The van der Waals surface area contributed by atoms with Crippen molar-refractivity contribution in [2.75, 3.05) is 7.11 Å². The van der Waals surface area contributed by atoms with E-state index >= 15 is 0 Å². The van der Waals surface area contributed by atoms with Gasteiger partial charge in [-0.2, -0.15) is 5.10 Å². The third kappa shape index (κ3) is 2.12. The number of carboxylic acid groups (broad SMARTS) is 1. The summed E-state index contributed by atoms with van der Waals surface area (Å²) in [7, 11) is 3.02. The lowest BCUT2D eigenvalue weighted by Crippen LogP contribution is -2.32. The van der Waals surface area contributed by atoms with E-state index in [0.29, 0.717) is 5.88 Å². The summed E-state index contributed by atoms with van der Waals surface area (Å²) in [5.74, 6) is -0.911. The zero-order valence-electron chi connectivity index (χ0n) is 10.1. The number of aromatic carboxylic acids is 1. The van der Waals surface area contributed by atoms with Crippen LogP contribution in [0.25, 0.3) is 5.82 Å². The summed E-state index contributed by atoms with van der Waals surface area (Å²) in [6.45, 7) is 0. The molecule has 0 saturated carbocycles. The number of carboxylic acids is 1. The summed E-state index contributed by atoms with van der Waals surface area (Å²) in [6, 6.07) is 1.44. The van der Waals surface area contributed by atoms with Crippen LogP contribution in [0.2, 0.25) is 0 Å². The largest absolute Gasteiger partial charge is 0.481 e. The van der Waals surface area contributed by atoms with Crippen molar-refractivity contribution in [3.63, 3.8) is 0 Å². The summed E-state index contributed by atoms with van der Waals surface area (Å²) in [5.41, 5.74) is -2.29. The number of aryl methyl sites for hydroxylation is 1. The lowest BCUT2D eigenvalue weighted by atomic mass is 10.3. The molecule has 9 heteroatoms. The Morgan fingerprint density at radius 3 is 2.68 bits per heavy atom. The van der Waals surface area contributed by atoms with E-state index in [1.807, 2.05) is 4.98 Å². The highest BCUT2D eigenvalue weighted by Crippen LogP contribution is 2.13. The van der Waals surface area contributed by atoms with Gasteiger partial charge in [0.2, 0.25) is 5.88 Å². The average molecular weight is 266 g/mol. The van der Waals surface area contributed by atoms with Gasteiger partial charge in [0.05, 0.1) is 7.11 Å². The maximum Gasteiger partial charge on any atom is 0.342 e. The predicted octanol–water partition coefficient (Wildman–Crippen LogP) is -1.03. The fourth-order valence-electron chi connectivity index (χ4n) is 1.54. The molecular formula is C10H10N4O5. The Kier molecular flexibility index (Phi) is 2.95. The first-order chi connectivity index (χ1) is 8.93. The summed E-state index contributed by atoms with van der Waals surface area (Å²) >= 11 is 0. The Balaban J connectivity index is 2.68. The molecule has 0 aromatic carbocycles. The number of rotatable bonds is 3. The number of hydrogen-bond acceptors (Lipinski definition) is 5. The topological polar surface area (TPSA) is 119 Å². The monoisotopic (exact) mass is 266 g/mol. The Hall–Kier alpha value is -2.84. The van der Waals surface area contributed by atoms with E-state index in [-0.39, 0.29) is 5.82 Å². The molecule has 2 aromatic rings. The van der Waals surface area contributed by atoms with Gasteiger partial charge in [-0.1, -0.05) is 0 Å². The molecule has 2 heterocycles. The molecule has 0 aliphatic heterocycles. The molecule has 0 saturated heterocycles. The van der Waals surface area contributed by atoms with Crippen LogP contribution in [0.1, 0.15) is 10.4 Å². The summed E-state index contributed by atoms with van der Waals surface area (Å²) in [4.78, 5) is 35.7. The van der Waals surface area contributed by atoms with Gasteiger partial charge >= 0.3 is 11.7 Å². The molecule has 0 amide bonds. The van der Waals surface area contributed by atoms with Gasteiger partial charge in [-0.25, -0.2) is 14.3 Å². The fourth-order valence-corrected chi connectivity index (χ4v) is 1.54. The van der Waals surface area contributed by atoms with Crippen molar-refractivity contribution in [2.45, 2.75) is 0 Å². The van der Waals surface area contributed by atoms with Crippen molar-refractivity contribution in [3.05, 3.63) is 38.7 Å². The SMILES string of the molecule is COc1cc(-n2cc(C(=O)O)c(=O)[nH]c2=O)nn1C. The van der Waals surface area contributed by atoms with Crippen LogP contribution in [0.4, 0.5) is 0 Å². The van der Waals surface area contributed by atoms with E-state index in [4.69, 9.17) is 9.84 Å². The normalized spacial score (nSPS) is 10.4. The number of methoxy groups -OCH3 is 1. The molecule has 0 atom stereocenters. The van der Waals surface area contributed by atoms with Crippen molar-refractivity contribution < 1.29 is 14.6 Å². The third-order valence-corrected chi connectivity index (χ3v) is 2.45. The molecule has 9 nitrogen and oxygen atoms in total. The molecule has 2 N–H and O–H groups in total. The van der Waals surface area contributed by atoms with Gasteiger partial charge in [-0.15, -0.1) is 0 Å². The number of nitrogens with zero attached hydrogens (tertiary/aromatic N) is 3. The summed E-state index contributed by atoms with van der Waals surface area (Å²) < 4.78 is 7.28. The molecular weight excluding hydrogens is 256 g/mol. The van der Waals surface area contributed by atoms with Crippen molar-refractivity contribution in [1.82, 2.24) is 19.3 Å². The molecule has 0 aliphatic rings. The lowest BCUT2D eigenvalue weighted by molar-refractivity contribution is 0.0694. The molecule has 0 bridgehead atoms. The maximum absolute atomic E-state index is 11.6. The van der Waals surface area contributed by atoms with Gasteiger partial charge in [0.15, 0.2) is 5.82 Å². The van der Waals surface area contributed by atoms with Crippen LogP contribution in [0.3, 0.4) is 0 Å². The second kappa shape index (κ2) is 4.44. The van der Waals surface area contributed by atoms with Crippen LogP contribution in [-0.2, 0) is 7.05 Å². The molecule has 0 spiro atoms. The molecule has 2 aromatic heterocycles. The van der Waals surface area contributed by atoms with E-state index < -0.39 is 22.8 Å². The minimum absolute atomic E-state index is 0.142. The van der Waals surface area contributed by atoms with Crippen LogP contribution in [0, 0.1) is 0 Å². The number of H-pyrrole nitrogens is 1.